The molecule has 1 aliphatic heterocycles. The number of fused-ring (bicyclic) bond motifs is 1. The number of allylic oxidation sites excluding steroid dienone is 3. The molecule has 40 heavy (non-hydrogen) atoms. The predicted molar refractivity (Wildman–Crippen MR) is 168 cm³/mol. The molecule has 6 nitrogen and oxygen atoms in total. The first-order valence-corrected chi connectivity index (χ1v) is 14.5. The second kappa shape index (κ2) is 15.7. The fourth-order valence-electron chi connectivity index (χ4n) is 4.38. The molecular formula is C34H45N3O3. The van der Waals surface area contributed by atoms with Gasteiger partial charge in [0.25, 0.3) is 5.91 Å². The lowest BCUT2D eigenvalue weighted by atomic mass is 9.95. The van der Waals surface area contributed by atoms with Crippen molar-refractivity contribution >= 4 is 22.4 Å². The zero-order chi connectivity index (χ0) is 28.9. The average molecular weight is 544 g/mol. The lowest BCUT2D eigenvalue weighted by Crippen LogP contribution is -2.24. The summed E-state index contributed by atoms with van der Waals surface area (Å²) in [6.07, 6.45) is 10.3. The fraction of sp³-hybridized carbons (Fsp3) is 0.382. The lowest BCUT2D eigenvalue weighted by molar-refractivity contribution is 0.0953. The van der Waals surface area contributed by atoms with Crippen LogP contribution in [0.15, 0.2) is 73.1 Å². The zero-order valence-corrected chi connectivity index (χ0v) is 24.7. The first-order chi connectivity index (χ1) is 19.4. The van der Waals surface area contributed by atoms with Crippen LogP contribution in [0.4, 0.5) is 0 Å². The van der Waals surface area contributed by atoms with Crippen LogP contribution in [-0.2, 0) is 4.74 Å². The standard InChI is InChI=1S/C28H31N3O2.C6H14O/c1-5-6-15-30-28(32)21-11-14-25-24(17-21)26(20-9-12-22(13-10-20)33-18(2)3)27(31-25)23-8-7-16-29-19(23)4;1-3-5-7-6-4-2/h7-14,16-18,29,31H,4-6,15H2,1-3H3,(H,30,32);3-6H2,1-2H3. The highest BCUT2D eigenvalue weighted by Gasteiger charge is 2.20. The van der Waals surface area contributed by atoms with E-state index in [1.807, 2.05) is 62.5 Å². The Morgan fingerprint density at radius 3 is 2.35 bits per heavy atom. The van der Waals surface area contributed by atoms with Crippen molar-refractivity contribution in [2.45, 2.75) is 66.4 Å². The van der Waals surface area contributed by atoms with Gasteiger partial charge in [-0.2, -0.15) is 0 Å². The molecule has 6 heteroatoms. The van der Waals surface area contributed by atoms with E-state index in [4.69, 9.17) is 9.47 Å². The van der Waals surface area contributed by atoms with Crippen LogP contribution >= 0.6 is 0 Å². The SMILES string of the molecule is C=C1NC=CC=C1c1[nH]c2ccc(C(=O)NCCCC)cc2c1-c1ccc(OC(C)C)cc1.CCCOCCC. The molecule has 0 saturated carbocycles. The van der Waals surface area contributed by atoms with E-state index in [0.29, 0.717) is 12.1 Å². The van der Waals surface area contributed by atoms with Gasteiger partial charge in [-0.15, -0.1) is 0 Å². The zero-order valence-electron chi connectivity index (χ0n) is 24.7. The molecule has 0 spiro atoms. The van der Waals surface area contributed by atoms with Crippen molar-refractivity contribution in [3.8, 4) is 16.9 Å². The number of H-pyrrole nitrogens is 1. The van der Waals surface area contributed by atoms with Gasteiger partial charge in [-0.3, -0.25) is 4.79 Å². The third kappa shape index (κ3) is 8.36. The van der Waals surface area contributed by atoms with Crippen LogP contribution in [0.5, 0.6) is 5.75 Å². The average Bonchev–Trinajstić information content (AvgIpc) is 3.32. The number of aromatic amines is 1. The third-order valence-corrected chi connectivity index (χ3v) is 6.30. The number of carbonyl (C=O) groups is 1. The van der Waals surface area contributed by atoms with Gasteiger partial charge in [0.2, 0.25) is 0 Å². The third-order valence-electron chi connectivity index (χ3n) is 6.30. The van der Waals surface area contributed by atoms with E-state index < -0.39 is 0 Å². The minimum atomic E-state index is -0.0503. The summed E-state index contributed by atoms with van der Waals surface area (Å²) in [5.41, 5.74) is 6.47. The van der Waals surface area contributed by atoms with Crippen molar-refractivity contribution in [1.29, 1.82) is 0 Å². The van der Waals surface area contributed by atoms with Crippen LogP contribution in [0.1, 0.15) is 76.4 Å². The van der Waals surface area contributed by atoms with Gasteiger partial charge in [0.05, 0.1) is 11.8 Å². The Morgan fingerprint density at radius 1 is 1.00 bits per heavy atom. The maximum atomic E-state index is 12.7. The summed E-state index contributed by atoms with van der Waals surface area (Å²) < 4.78 is 11.0. The number of amides is 1. The van der Waals surface area contributed by atoms with Gasteiger partial charge < -0.3 is 25.1 Å². The first-order valence-electron chi connectivity index (χ1n) is 14.5. The number of dihydropyridines is 1. The van der Waals surface area contributed by atoms with E-state index in [9.17, 15) is 4.79 Å². The number of unbranched alkanes of at least 4 members (excludes halogenated alkanes) is 1. The van der Waals surface area contributed by atoms with Crippen molar-refractivity contribution in [1.82, 2.24) is 15.6 Å². The van der Waals surface area contributed by atoms with Gasteiger partial charge in [0.1, 0.15) is 5.75 Å². The molecule has 3 N–H and O–H groups in total. The van der Waals surface area contributed by atoms with Crippen LogP contribution in [-0.4, -0.2) is 36.8 Å². The Balaban J connectivity index is 0.000000559. The molecule has 4 rings (SSSR count). The van der Waals surface area contributed by atoms with Crippen molar-refractivity contribution in [2.24, 2.45) is 0 Å². The molecule has 0 unspecified atom stereocenters. The topological polar surface area (TPSA) is 75.4 Å². The minimum Gasteiger partial charge on any atom is -0.491 e. The number of carbonyl (C=O) groups excluding carboxylic acids is 1. The van der Waals surface area contributed by atoms with Gasteiger partial charge in [0.15, 0.2) is 0 Å². The smallest absolute Gasteiger partial charge is 0.251 e. The molecule has 1 aromatic heterocycles. The van der Waals surface area contributed by atoms with E-state index in [1.54, 1.807) is 0 Å². The normalized spacial score (nSPS) is 12.6. The Kier molecular flexibility index (Phi) is 12.1. The van der Waals surface area contributed by atoms with E-state index in [0.717, 1.165) is 83.6 Å². The Labute approximate surface area is 239 Å². The molecule has 2 heterocycles. The summed E-state index contributed by atoms with van der Waals surface area (Å²) in [5, 5.41) is 7.21. The Hall–Kier alpha value is -3.77. The number of aromatic nitrogens is 1. The molecule has 1 amide bonds. The summed E-state index contributed by atoms with van der Waals surface area (Å²) in [6.45, 7) is 17.1. The van der Waals surface area contributed by atoms with Crippen molar-refractivity contribution in [3.63, 3.8) is 0 Å². The fourth-order valence-corrected chi connectivity index (χ4v) is 4.38. The Bertz CT molecular complexity index is 1310. The molecule has 0 fully saturated rings. The van der Waals surface area contributed by atoms with Crippen LogP contribution in [0.2, 0.25) is 0 Å². The molecule has 0 bridgehead atoms. The Morgan fingerprint density at radius 2 is 1.73 bits per heavy atom. The molecule has 0 saturated heterocycles. The molecule has 214 valence electrons. The summed E-state index contributed by atoms with van der Waals surface area (Å²) in [7, 11) is 0. The highest BCUT2D eigenvalue weighted by Crippen LogP contribution is 2.39. The van der Waals surface area contributed by atoms with Gasteiger partial charge in [0, 0.05) is 59.3 Å². The van der Waals surface area contributed by atoms with Gasteiger partial charge in [-0.1, -0.05) is 45.9 Å². The maximum Gasteiger partial charge on any atom is 0.251 e. The maximum absolute atomic E-state index is 12.7. The molecule has 2 aromatic carbocycles. The highest BCUT2D eigenvalue weighted by atomic mass is 16.5. The molecule has 3 aromatic rings. The van der Waals surface area contributed by atoms with E-state index in [1.165, 1.54) is 0 Å². The molecule has 0 radical (unpaired) electrons. The summed E-state index contributed by atoms with van der Waals surface area (Å²) in [5.74, 6) is 0.780. The molecule has 1 aliphatic rings. The van der Waals surface area contributed by atoms with Gasteiger partial charge >= 0.3 is 0 Å². The molecule has 0 atom stereocenters. The van der Waals surface area contributed by atoms with Crippen molar-refractivity contribution in [2.75, 3.05) is 19.8 Å². The summed E-state index contributed by atoms with van der Waals surface area (Å²) in [6, 6.07) is 13.9. The van der Waals surface area contributed by atoms with Crippen molar-refractivity contribution < 1.29 is 14.3 Å². The lowest BCUT2D eigenvalue weighted by Gasteiger charge is -2.15. The van der Waals surface area contributed by atoms with Crippen LogP contribution < -0.4 is 15.4 Å². The van der Waals surface area contributed by atoms with E-state index in [-0.39, 0.29) is 12.0 Å². The number of rotatable bonds is 12. The predicted octanol–water partition coefficient (Wildman–Crippen LogP) is 7.99. The number of benzene rings is 2. The number of ether oxygens (including phenoxy) is 2. The minimum absolute atomic E-state index is 0.0503. The summed E-state index contributed by atoms with van der Waals surface area (Å²) in [4.78, 5) is 16.3. The van der Waals surface area contributed by atoms with Gasteiger partial charge in [-0.05, 0) is 81.2 Å². The number of nitrogens with one attached hydrogen (secondary N) is 3. The molecular weight excluding hydrogens is 498 g/mol. The van der Waals surface area contributed by atoms with E-state index >= 15 is 0 Å². The largest absolute Gasteiger partial charge is 0.491 e. The monoisotopic (exact) mass is 543 g/mol. The second-order valence-electron chi connectivity index (χ2n) is 10.1. The number of hydrogen-bond donors (Lipinski definition) is 3. The second-order valence-corrected chi connectivity index (χ2v) is 10.1. The van der Waals surface area contributed by atoms with Crippen LogP contribution in [0, 0.1) is 0 Å². The summed E-state index contributed by atoms with van der Waals surface area (Å²) >= 11 is 0. The van der Waals surface area contributed by atoms with Crippen molar-refractivity contribution in [3.05, 3.63) is 84.3 Å². The quantitative estimate of drug-likeness (QED) is 0.202. The highest BCUT2D eigenvalue weighted by molar-refractivity contribution is 6.07. The molecule has 0 aliphatic carbocycles. The van der Waals surface area contributed by atoms with E-state index in [2.05, 4.69) is 55.1 Å². The number of hydrogen-bond acceptors (Lipinski definition) is 4. The van der Waals surface area contributed by atoms with Crippen LogP contribution in [0.25, 0.3) is 27.6 Å². The van der Waals surface area contributed by atoms with Crippen LogP contribution in [0.3, 0.4) is 0 Å². The van der Waals surface area contributed by atoms with Gasteiger partial charge in [-0.25, -0.2) is 0 Å². The first kappa shape index (κ1) is 30.8.